The Labute approximate surface area is 220 Å². The molecule has 1 aromatic rings. The Hall–Kier alpha value is -3.52. The van der Waals surface area contributed by atoms with Crippen molar-refractivity contribution < 1.29 is 29.4 Å². The van der Waals surface area contributed by atoms with Crippen molar-refractivity contribution in [3.05, 3.63) is 29.8 Å². The molecule has 1 aliphatic heterocycles. The highest BCUT2D eigenvalue weighted by molar-refractivity contribution is 7.80. The number of likely N-dealkylation sites (tertiary alicyclic amines) is 1. The van der Waals surface area contributed by atoms with E-state index in [1.807, 2.05) is 0 Å². The highest BCUT2D eigenvalue weighted by Crippen LogP contribution is 2.20. The molecule has 0 aliphatic carbocycles. The quantitative estimate of drug-likeness (QED) is 0.0619. The number of hydrogen-bond donors (Lipinski definition) is 8. The van der Waals surface area contributed by atoms with Gasteiger partial charge in [-0.1, -0.05) is 12.1 Å². The molecule has 0 bridgehead atoms. The Morgan fingerprint density at radius 2 is 1.76 bits per heavy atom. The number of nitrogens with two attached hydrogens (primary N) is 3. The molecule has 1 fully saturated rings. The third-order valence-electron chi connectivity index (χ3n) is 5.93. The molecule has 1 heterocycles. The van der Waals surface area contributed by atoms with Crippen molar-refractivity contribution in [2.24, 2.45) is 22.2 Å². The Kier molecular flexibility index (Phi) is 11.5. The van der Waals surface area contributed by atoms with Crippen LogP contribution in [-0.2, 0) is 25.6 Å². The van der Waals surface area contributed by atoms with Gasteiger partial charge in [0.25, 0.3) is 0 Å². The van der Waals surface area contributed by atoms with Gasteiger partial charge in [-0.2, -0.15) is 12.6 Å². The van der Waals surface area contributed by atoms with Crippen molar-refractivity contribution in [1.29, 1.82) is 0 Å². The van der Waals surface area contributed by atoms with Gasteiger partial charge in [-0.05, 0) is 49.8 Å². The van der Waals surface area contributed by atoms with Crippen LogP contribution in [0.4, 0.5) is 0 Å². The van der Waals surface area contributed by atoms with Gasteiger partial charge in [-0.3, -0.25) is 19.4 Å². The predicted octanol–water partition coefficient (Wildman–Crippen LogP) is -1.71. The fourth-order valence-corrected chi connectivity index (χ4v) is 4.23. The van der Waals surface area contributed by atoms with E-state index in [9.17, 15) is 29.4 Å². The minimum atomic E-state index is -1.11. The summed E-state index contributed by atoms with van der Waals surface area (Å²) in [7, 11) is 0. The molecule has 0 saturated carbocycles. The summed E-state index contributed by atoms with van der Waals surface area (Å²) in [5.74, 6) is -3.00. The van der Waals surface area contributed by atoms with Gasteiger partial charge in [0.05, 0.1) is 6.04 Å². The number of thiol groups is 1. The van der Waals surface area contributed by atoms with Crippen LogP contribution in [0.5, 0.6) is 5.75 Å². The molecule has 2 rings (SSSR count). The van der Waals surface area contributed by atoms with Crippen molar-refractivity contribution in [1.82, 2.24) is 15.5 Å². The second-order valence-electron chi connectivity index (χ2n) is 8.76. The number of guanidine groups is 1. The molecule has 4 atom stereocenters. The monoisotopic (exact) mass is 537 g/mol. The number of nitrogens with zero attached hydrogens (tertiary/aromatic N) is 2. The number of rotatable bonds is 13. The number of phenolic OH excluding ortho intramolecular Hbond substituents is 1. The molecule has 0 radical (unpaired) electrons. The number of carbonyl (C=O) groups is 4. The number of amides is 3. The van der Waals surface area contributed by atoms with E-state index >= 15 is 0 Å². The Balaban J connectivity index is 2.06. The molecule has 1 aliphatic rings. The van der Waals surface area contributed by atoms with Crippen LogP contribution in [0.2, 0.25) is 0 Å². The summed E-state index contributed by atoms with van der Waals surface area (Å²) in [6, 6.07) is 2.13. The molecular formula is C23H35N7O6S. The minimum absolute atomic E-state index is 0.0696. The van der Waals surface area contributed by atoms with Gasteiger partial charge in [-0.25, -0.2) is 4.79 Å². The molecule has 10 N–H and O–H groups in total. The van der Waals surface area contributed by atoms with Gasteiger partial charge in [0.1, 0.15) is 23.9 Å². The van der Waals surface area contributed by atoms with Crippen LogP contribution in [0.3, 0.4) is 0 Å². The fraction of sp³-hybridized carbons (Fsp3) is 0.522. The average molecular weight is 538 g/mol. The van der Waals surface area contributed by atoms with E-state index in [4.69, 9.17) is 17.2 Å². The summed E-state index contributed by atoms with van der Waals surface area (Å²) < 4.78 is 0. The van der Waals surface area contributed by atoms with E-state index in [-0.39, 0.29) is 43.4 Å². The number of aromatic hydroxyl groups is 1. The van der Waals surface area contributed by atoms with Crippen molar-refractivity contribution in [3.63, 3.8) is 0 Å². The molecule has 0 unspecified atom stereocenters. The van der Waals surface area contributed by atoms with E-state index < -0.39 is 47.9 Å². The van der Waals surface area contributed by atoms with E-state index in [0.717, 1.165) is 5.56 Å². The summed E-state index contributed by atoms with van der Waals surface area (Å²) in [5, 5.41) is 24.0. The zero-order valence-electron chi connectivity index (χ0n) is 20.4. The van der Waals surface area contributed by atoms with Crippen LogP contribution in [0, 0.1) is 0 Å². The summed E-state index contributed by atoms with van der Waals surface area (Å²) in [5.41, 5.74) is 17.4. The molecular weight excluding hydrogens is 502 g/mol. The van der Waals surface area contributed by atoms with E-state index in [2.05, 4.69) is 28.3 Å². The molecule has 14 heteroatoms. The van der Waals surface area contributed by atoms with Crippen molar-refractivity contribution in [2.75, 3.05) is 18.8 Å². The van der Waals surface area contributed by atoms with Crippen LogP contribution < -0.4 is 27.8 Å². The van der Waals surface area contributed by atoms with Gasteiger partial charge >= 0.3 is 5.97 Å². The number of aliphatic carboxylic acids is 1. The van der Waals surface area contributed by atoms with Crippen LogP contribution in [0.1, 0.15) is 31.2 Å². The second kappa shape index (κ2) is 14.3. The van der Waals surface area contributed by atoms with Gasteiger partial charge in [0.2, 0.25) is 17.7 Å². The highest BCUT2D eigenvalue weighted by Gasteiger charge is 2.38. The number of benzene rings is 1. The van der Waals surface area contributed by atoms with E-state index in [1.165, 1.54) is 17.0 Å². The zero-order valence-corrected chi connectivity index (χ0v) is 21.3. The van der Waals surface area contributed by atoms with Crippen LogP contribution in [-0.4, -0.2) is 87.8 Å². The van der Waals surface area contributed by atoms with Gasteiger partial charge in [0, 0.05) is 18.8 Å². The summed E-state index contributed by atoms with van der Waals surface area (Å²) in [6.45, 7) is 0.470. The maximum atomic E-state index is 13.2. The first-order valence-corrected chi connectivity index (χ1v) is 12.5. The molecule has 1 saturated heterocycles. The summed E-state index contributed by atoms with van der Waals surface area (Å²) >= 11 is 4.16. The number of carboxylic acids is 1. The van der Waals surface area contributed by atoms with Gasteiger partial charge in [0.15, 0.2) is 5.96 Å². The maximum Gasteiger partial charge on any atom is 0.326 e. The topological polar surface area (TPSA) is 226 Å². The number of nitrogens with one attached hydrogen (secondary N) is 2. The third-order valence-corrected chi connectivity index (χ3v) is 6.29. The summed E-state index contributed by atoms with van der Waals surface area (Å²) in [6.07, 6.45) is 1.52. The van der Waals surface area contributed by atoms with Crippen molar-refractivity contribution in [2.45, 2.75) is 56.3 Å². The lowest BCUT2D eigenvalue weighted by Gasteiger charge is -2.28. The van der Waals surface area contributed by atoms with Crippen molar-refractivity contribution >= 4 is 42.3 Å². The Morgan fingerprint density at radius 1 is 1.11 bits per heavy atom. The van der Waals surface area contributed by atoms with E-state index in [0.29, 0.717) is 19.3 Å². The largest absolute Gasteiger partial charge is 0.508 e. The van der Waals surface area contributed by atoms with Gasteiger partial charge < -0.3 is 42.9 Å². The lowest BCUT2D eigenvalue weighted by atomic mass is 10.1. The smallest absolute Gasteiger partial charge is 0.326 e. The third kappa shape index (κ3) is 9.13. The number of aliphatic imine (C=N–C) groups is 1. The molecule has 13 nitrogen and oxygen atoms in total. The normalized spacial score (nSPS) is 17.4. The zero-order chi connectivity index (χ0) is 27.5. The van der Waals surface area contributed by atoms with Crippen molar-refractivity contribution in [3.8, 4) is 5.75 Å². The number of phenols is 1. The molecule has 0 aromatic heterocycles. The Morgan fingerprint density at radius 3 is 2.35 bits per heavy atom. The number of carbonyl (C=O) groups excluding carboxylic acids is 3. The van der Waals surface area contributed by atoms with E-state index in [1.54, 1.807) is 12.1 Å². The maximum absolute atomic E-state index is 13.2. The van der Waals surface area contributed by atoms with Crippen LogP contribution in [0.25, 0.3) is 0 Å². The number of hydrogen-bond acceptors (Lipinski definition) is 8. The van der Waals surface area contributed by atoms with Crippen LogP contribution in [0.15, 0.2) is 29.3 Å². The first-order chi connectivity index (χ1) is 17.5. The second-order valence-corrected chi connectivity index (χ2v) is 9.12. The molecule has 3 amide bonds. The predicted molar refractivity (Wildman–Crippen MR) is 140 cm³/mol. The minimum Gasteiger partial charge on any atom is -0.508 e. The average Bonchev–Trinajstić information content (AvgIpc) is 3.35. The fourth-order valence-electron chi connectivity index (χ4n) is 3.97. The lowest BCUT2D eigenvalue weighted by Crippen LogP contribution is -2.57. The molecule has 37 heavy (non-hydrogen) atoms. The molecule has 0 spiro atoms. The summed E-state index contributed by atoms with van der Waals surface area (Å²) in [4.78, 5) is 55.5. The lowest BCUT2D eigenvalue weighted by molar-refractivity contribution is -0.149. The SMILES string of the molecule is NC(N)=NCCC[C@H](NC(=O)[C@H](CS)NC(=O)[C@@H](N)Cc1ccc(O)cc1)C(=O)N1CCC[C@H]1C(=O)O. The highest BCUT2D eigenvalue weighted by atomic mass is 32.1. The van der Waals surface area contributed by atoms with Crippen LogP contribution >= 0.6 is 12.6 Å². The Bertz CT molecular complexity index is 986. The first-order valence-electron chi connectivity index (χ1n) is 11.9. The first kappa shape index (κ1) is 29.7. The number of carboxylic acid groups (broad SMARTS) is 1. The van der Waals surface area contributed by atoms with Gasteiger partial charge in [-0.15, -0.1) is 0 Å². The molecule has 1 aromatic carbocycles. The molecule has 204 valence electrons. The standard InChI is InChI=1S/C23H35N7O6S/c24-15(11-13-5-7-14(31)8-6-13)19(32)29-17(12-37)20(33)28-16(3-1-9-27-23(25)26)21(34)30-10-2-4-18(30)22(35)36/h5-8,15-18,31,37H,1-4,9-12,24H2,(H,28,33)(H,29,32)(H,35,36)(H4,25,26,27)/t15-,16-,17-,18-/m0/s1.